The number of rotatable bonds is 1. The third-order valence-corrected chi connectivity index (χ3v) is 3.55. The lowest BCUT2D eigenvalue weighted by atomic mass is 10.0. The van der Waals surface area contributed by atoms with Crippen LogP contribution in [0.4, 0.5) is 0 Å². The lowest BCUT2D eigenvalue weighted by Gasteiger charge is -2.15. The Hall–Kier alpha value is -1.78. The maximum atomic E-state index is 12.1. The van der Waals surface area contributed by atoms with Crippen LogP contribution < -0.4 is 5.32 Å². The number of hydrogen-bond donors (Lipinski definition) is 1. The molecule has 0 spiro atoms. The molecule has 0 aliphatic carbocycles. The number of carbonyl (C=O) groups excluding carboxylic acids is 2. The minimum atomic E-state index is -0.111. The fourth-order valence-electron chi connectivity index (χ4n) is 2.61. The van der Waals surface area contributed by atoms with Crippen LogP contribution in [-0.2, 0) is 4.79 Å². The molecular weight excluding hydrogens is 220 g/mol. The summed E-state index contributed by atoms with van der Waals surface area (Å²) < 4.78 is 5.31. The molecule has 0 aromatic carbocycles. The van der Waals surface area contributed by atoms with Crippen molar-refractivity contribution in [3.05, 3.63) is 23.7 Å². The van der Waals surface area contributed by atoms with Gasteiger partial charge in [-0.1, -0.05) is 0 Å². The van der Waals surface area contributed by atoms with Gasteiger partial charge in [-0.05, 0) is 19.1 Å². The summed E-state index contributed by atoms with van der Waals surface area (Å²) in [6.07, 6.45) is 0. The van der Waals surface area contributed by atoms with E-state index in [1.807, 2.05) is 6.92 Å². The van der Waals surface area contributed by atoms with E-state index in [2.05, 4.69) is 5.32 Å². The minimum absolute atomic E-state index is 0.0324. The monoisotopic (exact) mass is 234 g/mol. The molecule has 2 fully saturated rings. The van der Waals surface area contributed by atoms with Crippen molar-refractivity contribution in [1.82, 2.24) is 10.2 Å². The number of aryl methyl sites for hydroxylation is 1. The largest absolute Gasteiger partial charge is 0.456 e. The Morgan fingerprint density at radius 3 is 2.94 bits per heavy atom. The molecule has 1 N–H and O–H groups in total. The smallest absolute Gasteiger partial charge is 0.289 e. The third kappa shape index (κ3) is 1.62. The Labute approximate surface area is 98.8 Å². The average Bonchev–Trinajstić information content (AvgIpc) is 2.96. The standard InChI is InChI=1S/C12H14N2O3/c1-7-2-3-10(17-7)12(16)14-5-8-4-13-11(15)9(8)6-14/h2-3,8-9H,4-6H2,1H3,(H,13,15)/t8-,9+/m1/s1. The molecule has 2 aliphatic rings. The topological polar surface area (TPSA) is 62.6 Å². The molecule has 0 bridgehead atoms. The van der Waals surface area contributed by atoms with Gasteiger partial charge in [0.05, 0.1) is 5.92 Å². The van der Waals surface area contributed by atoms with Gasteiger partial charge in [0.15, 0.2) is 5.76 Å². The summed E-state index contributed by atoms with van der Waals surface area (Å²) in [5, 5.41) is 2.82. The summed E-state index contributed by atoms with van der Waals surface area (Å²) in [4.78, 5) is 25.3. The lowest BCUT2D eigenvalue weighted by Crippen LogP contribution is -2.33. The molecule has 1 aromatic heterocycles. The summed E-state index contributed by atoms with van der Waals surface area (Å²) in [5.74, 6) is 1.28. The Bertz CT molecular complexity index is 480. The number of nitrogens with zero attached hydrogens (tertiary/aromatic N) is 1. The second kappa shape index (κ2) is 3.61. The predicted molar refractivity (Wildman–Crippen MR) is 59.3 cm³/mol. The van der Waals surface area contributed by atoms with Gasteiger partial charge in [-0.15, -0.1) is 0 Å². The third-order valence-electron chi connectivity index (χ3n) is 3.55. The summed E-state index contributed by atoms with van der Waals surface area (Å²) in [6, 6.07) is 3.46. The Morgan fingerprint density at radius 2 is 2.29 bits per heavy atom. The van der Waals surface area contributed by atoms with Gasteiger partial charge in [0.1, 0.15) is 5.76 Å². The molecule has 5 nitrogen and oxygen atoms in total. The molecule has 90 valence electrons. The van der Waals surface area contributed by atoms with Crippen LogP contribution in [0.2, 0.25) is 0 Å². The van der Waals surface area contributed by atoms with Crippen molar-refractivity contribution < 1.29 is 14.0 Å². The van der Waals surface area contributed by atoms with E-state index in [1.54, 1.807) is 17.0 Å². The highest BCUT2D eigenvalue weighted by atomic mass is 16.3. The number of carbonyl (C=O) groups is 2. The van der Waals surface area contributed by atoms with Crippen molar-refractivity contribution in [1.29, 1.82) is 0 Å². The van der Waals surface area contributed by atoms with E-state index in [9.17, 15) is 9.59 Å². The first-order chi connectivity index (χ1) is 8.15. The molecule has 5 heteroatoms. The number of amides is 2. The first-order valence-corrected chi connectivity index (χ1v) is 5.78. The van der Waals surface area contributed by atoms with Gasteiger partial charge in [-0.3, -0.25) is 9.59 Å². The van der Waals surface area contributed by atoms with Crippen LogP contribution in [-0.4, -0.2) is 36.3 Å². The molecule has 0 unspecified atom stereocenters. The maximum Gasteiger partial charge on any atom is 0.289 e. The highest BCUT2D eigenvalue weighted by molar-refractivity contribution is 5.93. The van der Waals surface area contributed by atoms with Gasteiger partial charge < -0.3 is 14.6 Å². The van der Waals surface area contributed by atoms with Crippen LogP contribution in [0.5, 0.6) is 0 Å². The van der Waals surface area contributed by atoms with Gasteiger partial charge >= 0.3 is 0 Å². The zero-order chi connectivity index (χ0) is 12.0. The van der Waals surface area contributed by atoms with Crippen LogP contribution in [0.15, 0.2) is 16.5 Å². The molecule has 3 rings (SSSR count). The van der Waals surface area contributed by atoms with E-state index in [-0.39, 0.29) is 23.7 Å². The summed E-state index contributed by atoms with van der Waals surface area (Å²) in [6.45, 7) is 3.64. The fraction of sp³-hybridized carbons (Fsp3) is 0.500. The highest BCUT2D eigenvalue weighted by Crippen LogP contribution is 2.28. The summed E-state index contributed by atoms with van der Waals surface area (Å²) in [7, 11) is 0. The fourth-order valence-corrected chi connectivity index (χ4v) is 2.61. The minimum Gasteiger partial charge on any atom is -0.456 e. The number of nitrogens with one attached hydrogen (secondary N) is 1. The normalized spacial score (nSPS) is 27.1. The molecule has 2 atom stereocenters. The molecule has 2 saturated heterocycles. The van der Waals surface area contributed by atoms with Crippen LogP contribution in [0, 0.1) is 18.8 Å². The SMILES string of the molecule is Cc1ccc(C(=O)N2C[C@H]3CNC(=O)[C@H]3C2)o1. The number of likely N-dealkylation sites (tertiary alicyclic amines) is 1. The number of hydrogen-bond acceptors (Lipinski definition) is 3. The van der Waals surface area contributed by atoms with E-state index in [4.69, 9.17) is 4.42 Å². The average molecular weight is 234 g/mol. The second-order valence-corrected chi connectivity index (χ2v) is 4.73. The molecule has 1 aromatic rings. The van der Waals surface area contributed by atoms with Crippen molar-refractivity contribution in [2.24, 2.45) is 11.8 Å². The van der Waals surface area contributed by atoms with Gasteiger partial charge in [-0.2, -0.15) is 0 Å². The molecular formula is C12H14N2O3. The number of fused-ring (bicyclic) bond motifs is 1. The molecule has 17 heavy (non-hydrogen) atoms. The van der Waals surface area contributed by atoms with Gasteiger partial charge in [0.2, 0.25) is 5.91 Å². The zero-order valence-electron chi connectivity index (χ0n) is 9.60. The van der Waals surface area contributed by atoms with Crippen LogP contribution in [0.1, 0.15) is 16.3 Å². The Morgan fingerprint density at radius 1 is 1.47 bits per heavy atom. The van der Waals surface area contributed by atoms with E-state index < -0.39 is 0 Å². The van der Waals surface area contributed by atoms with Crippen LogP contribution in [0.25, 0.3) is 0 Å². The quantitative estimate of drug-likeness (QED) is 0.765. The molecule has 2 aliphatic heterocycles. The van der Waals surface area contributed by atoms with Crippen molar-refractivity contribution in [2.45, 2.75) is 6.92 Å². The van der Waals surface area contributed by atoms with Crippen molar-refractivity contribution in [3.63, 3.8) is 0 Å². The van der Waals surface area contributed by atoms with Gasteiger partial charge in [-0.25, -0.2) is 0 Å². The van der Waals surface area contributed by atoms with Gasteiger partial charge in [0.25, 0.3) is 5.91 Å². The van der Waals surface area contributed by atoms with E-state index in [0.29, 0.717) is 25.4 Å². The predicted octanol–water partition coefficient (Wildman–Crippen LogP) is 0.406. The lowest BCUT2D eigenvalue weighted by molar-refractivity contribution is -0.122. The molecule has 0 saturated carbocycles. The van der Waals surface area contributed by atoms with Crippen molar-refractivity contribution in [2.75, 3.05) is 19.6 Å². The molecule has 0 radical (unpaired) electrons. The molecule has 3 heterocycles. The van der Waals surface area contributed by atoms with Crippen LogP contribution >= 0.6 is 0 Å². The van der Waals surface area contributed by atoms with Crippen LogP contribution in [0.3, 0.4) is 0 Å². The summed E-state index contributed by atoms with van der Waals surface area (Å²) >= 11 is 0. The Kier molecular flexibility index (Phi) is 2.21. The Balaban J connectivity index is 1.75. The van der Waals surface area contributed by atoms with Gasteiger partial charge in [0, 0.05) is 25.6 Å². The second-order valence-electron chi connectivity index (χ2n) is 4.73. The number of furan rings is 1. The first kappa shape index (κ1) is 10.4. The first-order valence-electron chi connectivity index (χ1n) is 5.78. The van der Waals surface area contributed by atoms with E-state index >= 15 is 0 Å². The highest BCUT2D eigenvalue weighted by Gasteiger charge is 2.44. The zero-order valence-corrected chi connectivity index (χ0v) is 9.60. The molecule has 2 amide bonds. The van der Waals surface area contributed by atoms with E-state index in [1.165, 1.54) is 0 Å². The van der Waals surface area contributed by atoms with Crippen molar-refractivity contribution >= 4 is 11.8 Å². The maximum absolute atomic E-state index is 12.1. The summed E-state index contributed by atoms with van der Waals surface area (Å²) in [5.41, 5.74) is 0. The van der Waals surface area contributed by atoms with Crippen molar-refractivity contribution in [3.8, 4) is 0 Å². The van der Waals surface area contributed by atoms with E-state index in [0.717, 1.165) is 5.76 Å².